The lowest BCUT2D eigenvalue weighted by Gasteiger charge is -2.06. The Bertz CT molecular complexity index is 488. The van der Waals surface area contributed by atoms with E-state index in [0.717, 1.165) is 17.9 Å². The van der Waals surface area contributed by atoms with Crippen molar-refractivity contribution >= 4 is 5.69 Å². The van der Waals surface area contributed by atoms with Gasteiger partial charge in [-0.15, -0.1) is 0 Å². The number of nitrogens with zero attached hydrogens (tertiary/aromatic N) is 3. The largest absolute Gasteiger partial charge is 0.381 e. The summed E-state index contributed by atoms with van der Waals surface area (Å²) in [6, 6.07) is 4.00. The maximum Gasteiger partial charge on any atom is 0.0542 e. The Balaban J connectivity index is 2.05. The molecule has 0 unspecified atom stereocenters. The van der Waals surface area contributed by atoms with E-state index in [4.69, 9.17) is 0 Å². The molecule has 1 N–H and O–H groups in total. The van der Waals surface area contributed by atoms with Crippen LogP contribution in [0.25, 0.3) is 0 Å². The van der Waals surface area contributed by atoms with Gasteiger partial charge in [0.15, 0.2) is 0 Å². The van der Waals surface area contributed by atoms with Crippen molar-refractivity contribution in [1.82, 2.24) is 14.8 Å². The average molecular weight is 216 g/mol. The summed E-state index contributed by atoms with van der Waals surface area (Å²) in [7, 11) is 1.95. The van der Waals surface area contributed by atoms with Gasteiger partial charge in [0.05, 0.1) is 6.20 Å². The molecular weight excluding hydrogens is 200 g/mol. The predicted molar refractivity (Wildman–Crippen MR) is 64.2 cm³/mol. The van der Waals surface area contributed by atoms with Crippen LogP contribution in [-0.4, -0.2) is 14.8 Å². The molecule has 0 radical (unpaired) electrons. The highest BCUT2D eigenvalue weighted by Gasteiger charge is 2.02. The number of rotatable bonds is 3. The van der Waals surface area contributed by atoms with Gasteiger partial charge < -0.3 is 5.32 Å². The number of hydrogen-bond donors (Lipinski definition) is 1. The highest BCUT2D eigenvalue weighted by molar-refractivity contribution is 5.43. The third kappa shape index (κ3) is 2.21. The molecule has 0 aliphatic rings. The first-order chi connectivity index (χ1) is 7.66. The molecule has 4 heteroatoms. The number of aryl methyl sites for hydroxylation is 2. The first-order valence-corrected chi connectivity index (χ1v) is 5.31. The van der Waals surface area contributed by atoms with Crippen molar-refractivity contribution in [2.24, 2.45) is 7.05 Å². The summed E-state index contributed by atoms with van der Waals surface area (Å²) in [5.41, 5.74) is 4.53. The van der Waals surface area contributed by atoms with Crippen LogP contribution >= 0.6 is 0 Å². The van der Waals surface area contributed by atoms with Crippen molar-refractivity contribution in [2.45, 2.75) is 20.4 Å². The maximum absolute atomic E-state index is 4.21. The monoisotopic (exact) mass is 216 g/mol. The molecule has 0 spiro atoms. The molecule has 0 atom stereocenters. The van der Waals surface area contributed by atoms with Crippen LogP contribution in [0.4, 0.5) is 5.69 Å². The van der Waals surface area contributed by atoms with Crippen molar-refractivity contribution in [2.75, 3.05) is 5.32 Å². The molecule has 2 aromatic heterocycles. The summed E-state index contributed by atoms with van der Waals surface area (Å²) >= 11 is 0. The lowest BCUT2D eigenvalue weighted by Crippen LogP contribution is -2.01. The third-order valence-corrected chi connectivity index (χ3v) is 2.72. The van der Waals surface area contributed by atoms with Crippen LogP contribution in [-0.2, 0) is 13.6 Å². The van der Waals surface area contributed by atoms with Crippen molar-refractivity contribution in [3.63, 3.8) is 0 Å². The summed E-state index contributed by atoms with van der Waals surface area (Å²) in [4.78, 5) is 4.16. The minimum Gasteiger partial charge on any atom is -0.381 e. The normalized spacial score (nSPS) is 10.4. The molecule has 0 bridgehead atoms. The fraction of sp³-hybridized carbons (Fsp3) is 0.333. The molecule has 2 heterocycles. The Morgan fingerprint density at radius 3 is 2.81 bits per heavy atom. The Labute approximate surface area is 95.3 Å². The lowest BCUT2D eigenvalue weighted by molar-refractivity contribution is 0.738. The first kappa shape index (κ1) is 10.7. The number of anilines is 1. The van der Waals surface area contributed by atoms with E-state index in [-0.39, 0.29) is 0 Å². The smallest absolute Gasteiger partial charge is 0.0542 e. The molecule has 0 aliphatic heterocycles. The van der Waals surface area contributed by atoms with Gasteiger partial charge in [0.1, 0.15) is 0 Å². The van der Waals surface area contributed by atoms with Crippen LogP contribution in [0.5, 0.6) is 0 Å². The van der Waals surface area contributed by atoms with Gasteiger partial charge in [0.2, 0.25) is 0 Å². The summed E-state index contributed by atoms with van der Waals surface area (Å²) in [6.45, 7) is 4.85. The molecule has 2 aromatic rings. The quantitative estimate of drug-likeness (QED) is 0.853. The third-order valence-electron chi connectivity index (χ3n) is 2.72. The highest BCUT2D eigenvalue weighted by atomic mass is 15.3. The second kappa shape index (κ2) is 4.35. The zero-order valence-corrected chi connectivity index (χ0v) is 9.86. The van der Waals surface area contributed by atoms with Crippen molar-refractivity contribution in [1.29, 1.82) is 0 Å². The van der Waals surface area contributed by atoms with Crippen LogP contribution in [0.15, 0.2) is 24.5 Å². The molecule has 0 aliphatic carbocycles. The van der Waals surface area contributed by atoms with Gasteiger partial charge in [-0.25, -0.2) is 0 Å². The van der Waals surface area contributed by atoms with Gasteiger partial charge in [-0.1, -0.05) is 0 Å². The molecule has 84 valence electrons. The number of aromatic nitrogens is 3. The van der Waals surface area contributed by atoms with Crippen LogP contribution in [0, 0.1) is 13.8 Å². The van der Waals surface area contributed by atoms with Crippen LogP contribution in [0.2, 0.25) is 0 Å². The van der Waals surface area contributed by atoms with Gasteiger partial charge in [0, 0.05) is 42.4 Å². The fourth-order valence-electron chi connectivity index (χ4n) is 1.57. The molecule has 16 heavy (non-hydrogen) atoms. The fourth-order valence-corrected chi connectivity index (χ4v) is 1.57. The van der Waals surface area contributed by atoms with E-state index >= 15 is 0 Å². The Morgan fingerprint density at radius 1 is 1.38 bits per heavy atom. The molecule has 0 amide bonds. The minimum atomic E-state index is 0.795. The van der Waals surface area contributed by atoms with Gasteiger partial charge in [-0.2, -0.15) is 5.10 Å². The standard InChI is InChI=1S/C12H16N4/c1-9-6-12(4-5-13-9)14-7-11-8-15-16(3)10(11)2/h4-6,8H,7H2,1-3H3,(H,13,14). The summed E-state index contributed by atoms with van der Waals surface area (Å²) in [6.07, 6.45) is 3.71. The van der Waals surface area contributed by atoms with Crippen molar-refractivity contribution < 1.29 is 0 Å². The SMILES string of the molecule is Cc1cc(NCc2cnn(C)c2C)ccn1. The van der Waals surface area contributed by atoms with Crippen LogP contribution < -0.4 is 5.32 Å². The molecule has 0 fully saturated rings. The summed E-state index contributed by atoms with van der Waals surface area (Å²) in [5, 5.41) is 7.57. The molecule has 0 saturated heterocycles. The van der Waals surface area contributed by atoms with E-state index in [9.17, 15) is 0 Å². The van der Waals surface area contributed by atoms with Gasteiger partial charge in [-0.3, -0.25) is 9.67 Å². The average Bonchev–Trinajstić information content (AvgIpc) is 2.57. The summed E-state index contributed by atoms with van der Waals surface area (Å²) in [5.74, 6) is 0. The topological polar surface area (TPSA) is 42.7 Å². The van der Waals surface area contributed by atoms with Gasteiger partial charge in [-0.05, 0) is 26.0 Å². The van der Waals surface area contributed by atoms with E-state index in [1.54, 1.807) is 0 Å². The lowest BCUT2D eigenvalue weighted by atomic mass is 10.2. The second-order valence-corrected chi connectivity index (χ2v) is 3.92. The highest BCUT2D eigenvalue weighted by Crippen LogP contribution is 2.11. The van der Waals surface area contributed by atoms with E-state index < -0.39 is 0 Å². The maximum atomic E-state index is 4.21. The minimum absolute atomic E-state index is 0.795. The zero-order valence-electron chi connectivity index (χ0n) is 9.86. The van der Waals surface area contributed by atoms with E-state index in [2.05, 4.69) is 22.3 Å². The predicted octanol–water partition coefficient (Wildman–Crippen LogP) is 2.04. The number of hydrogen-bond acceptors (Lipinski definition) is 3. The van der Waals surface area contributed by atoms with Crippen LogP contribution in [0.3, 0.4) is 0 Å². The van der Waals surface area contributed by atoms with Gasteiger partial charge >= 0.3 is 0 Å². The van der Waals surface area contributed by atoms with E-state index in [1.807, 2.05) is 43.2 Å². The number of nitrogens with one attached hydrogen (secondary N) is 1. The van der Waals surface area contributed by atoms with E-state index in [1.165, 1.54) is 11.3 Å². The number of pyridine rings is 1. The second-order valence-electron chi connectivity index (χ2n) is 3.92. The molecular formula is C12H16N4. The van der Waals surface area contributed by atoms with Gasteiger partial charge in [0.25, 0.3) is 0 Å². The zero-order chi connectivity index (χ0) is 11.5. The first-order valence-electron chi connectivity index (χ1n) is 5.31. The Hall–Kier alpha value is -1.84. The molecule has 2 rings (SSSR count). The molecule has 0 aromatic carbocycles. The molecule has 0 saturated carbocycles. The van der Waals surface area contributed by atoms with Crippen molar-refractivity contribution in [3.05, 3.63) is 41.5 Å². The van der Waals surface area contributed by atoms with E-state index in [0.29, 0.717) is 0 Å². The Kier molecular flexibility index (Phi) is 2.90. The van der Waals surface area contributed by atoms with Crippen molar-refractivity contribution in [3.8, 4) is 0 Å². The van der Waals surface area contributed by atoms with Crippen LogP contribution in [0.1, 0.15) is 17.0 Å². The summed E-state index contributed by atoms with van der Waals surface area (Å²) < 4.78 is 1.88. The Morgan fingerprint density at radius 2 is 2.19 bits per heavy atom. The molecule has 4 nitrogen and oxygen atoms in total.